The van der Waals surface area contributed by atoms with Crippen molar-refractivity contribution in [3.05, 3.63) is 23.7 Å². The van der Waals surface area contributed by atoms with Crippen molar-refractivity contribution in [3.63, 3.8) is 0 Å². The maximum absolute atomic E-state index is 5.93. The molecule has 0 aromatic carbocycles. The minimum Gasteiger partial charge on any atom is -0.309 e. The summed E-state index contributed by atoms with van der Waals surface area (Å²) in [5, 5.41) is 0. The fourth-order valence-corrected chi connectivity index (χ4v) is 3.98. The summed E-state index contributed by atoms with van der Waals surface area (Å²) in [6, 6.07) is 4.62. The van der Waals surface area contributed by atoms with Crippen molar-refractivity contribution in [2.24, 2.45) is 0 Å². The normalized spacial score (nSPS) is 20.0. The summed E-state index contributed by atoms with van der Waals surface area (Å²) >= 11 is 7.96. The number of hydrogen-bond acceptors (Lipinski definition) is 3. The molecule has 2 aromatic rings. The monoisotopic (exact) mass is 295 g/mol. The minimum absolute atomic E-state index is 0.524. The number of alkyl halides is 1. The van der Waals surface area contributed by atoms with E-state index in [1.54, 1.807) is 0 Å². The van der Waals surface area contributed by atoms with Crippen LogP contribution in [0.5, 0.6) is 0 Å². The Morgan fingerprint density at radius 2 is 2.32 bits per heavy atom. The largest absolute Gasteiger partial charge is 0.309 e. The first-order valence-corrected chi connectivity index (χ1v) is 8.46. The molecule has 0 N–H and O–H groups in total. The lowest BCUT2D eigenvalue weighted by atomic mass is 10.2. The summed E-state index contributed by atoms with van der Waals surface area (Å²) in [6.07, 6.45) is 3.32. The third-order valence-electron chi connectivity index (χ3n) is 3.57. The highest BCUT2D eigenvalue weighted by molar-refractivity contribution is 7.99. The van der Waals surface area contributed by atoms with E-state index in [-0.39, 0.29) is 0 Å². The topological polar surface area (TPSA) is 30.7 Å². The molecule has 1 unspecified atom stereocenters. The van der Waals surface area contributed by atoms with E-state index in [0.29, 0.717) is 11.9 Å². The van der Waals surface area contributed by atoms with Crippen molar-refractivity contribution in [3.8, 4) is 0 Å². The highest BCUT2D eigenvalue weighted by atomic mass is 35.5. The van der Waals surface area contributed by atoms with E-state index >= 15 is 0 Å². The van der Waals surface area contributed by atoms with E-state index in [9.17, 15) is 0 Å². The van der Waals surface area contributed by atoms with Crippen molar-refractivity contribution >= 4 is 34.5 Å². The van der Waals surface area contributed by atoms with Crippen LogP contribution in [0.1, 0.15) is 30.4 Å². The van der Waals surface area contributed by atoms with Gasteiger partial charge in [-0.25, -0.2) is 9.97 Å². The predicted molar refractivity (Wildman–Crippen MR) is 82.3 cm³/mol. The molecule has 3 heterocycles. The lowest BCUT2D eigenvalue weighted by molar-refractivity contribution is 0.493. The van der Waals surface area contributed by atoms with Crippen LogP contribution in [0.4, 0.5) is 0 Å². The summed E-state index contributed by atoms with van der Waals surface area (Å²) in [4.78, 5) is 9.43. The first-order valence-electron chi connectivity index (χ1n) is 6.78. The summed E-state index contributed by atoms with van der Waals surface area (Å²) < 4.78 is 2.34. The number of pyridine rings is 1. The quantitative estimate of drug-likeness (QED) is 0.811. The summed E-state index contributed by atoms with van der Waals surface area (Å²) in [5.74, 6) is 4.15. The minimum atomic E-state index is 0.524. The standard InChI is InChI=1S/C14H18ClN3S/c1-10-4-5-12-14(16-10)18(13(17-12)6-7-15)11-3-2-8-19-9-11/h4-5,11H,2-3,6-9H2,1H3. The number of fused-ring (bicyclic) bond motifs is 1. The second kappa shape index (κ2) is 5.71. The van der Waals surface area contributed by atoms with Gasteiger partial charge in [-0.15, -0.1) is 11.6 Å². The van der Waals surface area contributed by atoms with E-state index in [2.05, 4.69) is 10.6 Å². The van der Waals surface area contributed by atoms with Gasteiger partial charge in [0.1, 0.15) is 11.3 Å². The van der Waals surface area contributed by atoms with Gasteiger partial charge in [-0.1, -0.05) is 0 Å². The Morgan fingerprint density at radius 1 is 1.42 bits per heavy atom. The highest BCUT2D eigenvalue weighted by Gasteiger charge is 2.22. The molecule has 0 aliphatic carbocycles. The molecular formula is C14H18ClN3S. The molecule has 1 atom stereocenters. The zero-order valence-corrected chi connectivity index (χ0v) is 12.7. The molecule has 0 amide bonds. The van der Waals surface area contributed by atoms with Crippen molar-refractivity contribution in [2.45, 2.75) is 32.2 Å². The SMILES string of the molecule is Cc1ccc2nc(CCCl)n(C3CCCSC3)c2n1. The number of aryl methyl sites for hydroxylation is 2. The van der Waals surface area contributed by atoms with Crippen LogP contribution in [-0.4, -0.2) is 31.9 Å². The number of aromatic nitrogens is 3. The Hall–Kier alpha value is -0.740. The molecular weight excluding hydrogens is 278 g/mol. The molecule has 102 valence electrons. The fourth-order valence-electron chi connectivity index (χ4n) is 2.69. The Balaban J connectivity index is 2.11. The first-order chi connectivity index (χ1) is 9.29. The average molecular weight is 296 g/mol. The van der Waals surface area contributed by atoms with Crippen LogP contribution in [0.3, 0.4) is 0 Å². The Labute approximate surface area is 122 Å². The maximum Gasteiger partial charge on any atom is 0.160 e. The molecule has 2 aromatic heterocycles. The van der Waals surface area contributed by atoms with Gasteiger partial charge in [-0.2, -0.15) is 11.8 Å². The Bertz CT molecular complexity index is 575. The molecule has 1 fully saturated rings. The molecule has 1 saturated heterocycles. The van der Waals surface area contributed by atoms with Crippen LogP contribution < -0.4 is 0 Å². The average Bonchev–Trinajstić information content (AvgIpc) is 2.77. The summed E-state index contributed by atoms with van der Waals surface area (Å²) in [7, 11) is 0. The lowest BCUT2D eigenvalue weighted by Crippen LogP contribution is -2.19. The lowest BCUT2D eigenvalue weighted by Gasteiger charge is -2.24. The van der Waals surface area contributed by atoms with Crippen molar-refractivity contribution in [1.82, 2.24) is 14.5 Å². The molecule has 1 aliphatic rings. The molecule has 1 aliphatic heterocycles. The van der Waals surface area contributed by atoms with Gasteiger partial charge in [0.25, 0.3) is 0 Å². The zero-order chi connectivity index (χ0) is 13.2. The fraction of sp³-hybridized carbons (Fsp3) is 0.571. The van der Waals surface area contributed by atoms with Crippen LogP contribution >= 0.6 is 23.4 Å². The molecule has 5 heteroatoms. The van der Waals surface area contributed by atoms with E-state index in [1.165, 1.54) is 18.6 Å². The third kappa shape index (κ3) is 2.61. The van der Waals surface area contributed by atoms with Gasteiger partial charge >= 0.3 is 0 Å². The smallest absolute Gasteiger partial charge is 0.160 e. The number of halogens is 1. The van der Waals surface area contributed by atoms with Crippen LogP contribution in [0.15, 0.2) is 12.1 Å². The summed E-state index contributed by atoms with van der Waals surface area (Å²) in [5.41, 5.74) is 3.09. The van der Waals surface area contributed by atoms with E-state index in [4.69, 9.17) is 21.6 Å². The Kier molecular flexibility index (Phi) is 3.99. The van der Waals surface area contributed by atoms with Crippen molar-refractivity contribution < 1.29 is 0 Å². The van der Waals surface area contributed by atoms with Gasteiger partial charge in [-0.3, -0.25) is 0 Å². The third-order valence-corrected chi connectivity index (χ3v) is 4.96. The number of nitrogens with zero attached hydrogens (tertiary/aromatic N) is 3. The number of hydrogen-bond donors (Lipinski definition) is 0. The van der Waals surface area contributed by atoms with Gasteiger partial charge in [0.05, 0.1) is 0 Å². The number of thioether (sulfide) groups is 1. The number of rotatable bonds is 3. The molecule has 0 bridgehead atoms. The summed E-state index contributed by atoms with van der Waals surface area (Å²) in [6.45, 7) is 2.04. The highest BCUT2D eigenvalue weighted by Crippen LogP contribution is 2.31. The van der Waals surface area contributed by atoms with Gasteiger partial charge in [0.2, 0.25) is 0 Å². The predicted octanol–water partition coefficient (Wildman–Crippen LogP) is 3.59. The first kappa shape index (κ1) is 13.3. The van der Waals surface area contributed by atoms with Crippen LogP contribution in [-0.2, 0) is 6.42 Å². The Morgan fingerprint density at radius 3 is 3.05 bits per heavy atom. The van der Waals surface area contributed by atoms with Gasteiger partial charge in [0, 0.05) is 29.8 Å². The molecule has 0 spiro atoms. The number of imidazole rings is 1. The molecule has 0 saturated carbocycles. The zero-order valence-electron chi connectivity index (χ0n) is 11.1. The van der Waals surface area contributed by atoms with Crippen molar-refractivity contribution in [2.75, 3.05) is 17.4 Å². The van der Waals surface area contributed by atoms with Crippen molar-refractivity contribution in [1.29, 1.82) is 0 Å². The second-order valence-electron chi connectivity index (χ2n) is 5.00. The molecule has 19 heavy (non-hydrogen) atoms. The van der Waals surface area contributed by atoms with Gasteiger partial charge in [-0.05, 0) is 37.7 Å². The van der Waals surface area contributed by atoms with E-state index in [0.717, 1.165) is 34.9 Å². The van der Waals surface area contributed by atoms with Crippen LogP contribution in [0.25, 0.3) is 11.2 Å². The molecule has 3 nitrogen and oxygen atoms in total. The second-order valence-corrected chi connectivity index (χ2v) is 6.53. The van der Waals surface area contributed by atoms with Gasteiger partial charge in [0.15, 0.2) is 5.65 Å². The van der Waals surface area contributed by atoms with Crippen LogP contribution in [0, 0.1) is 6.92 Å². The van der Waals surface area contributed by atoms with Gasteiger partial charge < -0.3 is 4.57 Å². The molecule has 3 rings (SSSR count). The van der Waals surface area contributed by atoms with Crippen LogP contribution in [0.2, 0.25) is 0 Å². The maximum atomic E-state index is 5.93. The van der Waals surface area contributed by atoms with E-state index in [1.807, 2.05) is 24.8 Å². The van der Waals surface area contributed by atoms with E-state index < -0.39 is 0 Å². The molecule has 0 radical (unpaired) electrons.